The number of ether oxygens (including phenoxy) is 2. The molecule has 1 N–H and O–H groups in total. The second kappa shape index (κ2) is 11.1. The molecule has 0 spiro atoms. The number of aryl methyl sites for hydroxylation is 1. The average Bonchev–Trinajstić information content (AvgIpc) is 3.26. The molecule has 0 amide bonds. The Hall–Kier alpha value is -3.75. The molecule has 0 aliphatic heterocycles. The van der Waals surface area contributed by atoms with Gasteiger partial charge in [-0.2, -0.15) is 0 Å². The van der Waals surface area contributed by atoms with Gasteiger partial charge in [0.2, 0.25) is 0 Å². The zero-order chi connectivity index (χ0) is 24.8. The van der Waals surface area contributed by atoms with E-state index in [-0.39, 0.29) is 24.1 Å². The highest BCUT2D eigenvalue weighted by atomic mass is 32.1. The Morgan fingerprint density at radius 2 is 1.86 bits per heavy atom. The molecule has 1 aromatic heterocycles. The van der Waals surface area contributed by atoms with Crippen molar-refractivity contribution >= 4 is 27.4 Å². The van der Waals surface area contributed by atoms with Crippen molar-refractivity contribution < 1.29 is 19.4 Å². The van der Waals surface area contributed by atoms with E-state index < -0.39 is 0 Å². The van der Waals surface area contributed by atoms with Crippen LogP contribution in [-0.4, -0.2) is 17.7 Å². The van der Waals surface area contributed by atoms with Gasteiger partial charge in [0.05, 0.1) is 18.9 Å². The maximum Gasteiger partial charge on any atom is 0.307 e. The number of carbonyl (C=O) groups is 1. The van der Waals surface area contributed by atoms with Crippen LogP contribution in [0.4, 0.5) is 0 Å². The maximum absolute atomic E-state index is 11.9. The Balaban J connectivity index is 1.48. The Morgan fingerprint density at radius 1 is 1.06 bits per heavy atom. The number of hydrogen-bond acceptors (Lipinski definition) is 5. The third kappa shape index (κ3) is 5.85. The lowest BCUT2D eigenvalue weighted by Gasteiger charge is -2.12. The van der Waals surface area contributed by atoms with E-state index >= 15 is 0 Å². The van der Waals surface area contributed by atoms with E-state index in [1.807, 2.05) is 43.3 Å². The van der Waals surface area contributed by atoms with Crippen molar-refractivity contribution in [1.29, 1.82) is 0 Å². The fourth-order valence-corrected chi connectivity index (χ4v) is 5.02. The minimum absolute atomic E-state index is 0.184. The fraction of sp³-hybridized carbons (Fsp3) is 0.233. The molecular formula is C30H28O4S. The number of fused-ring (bicyclic) bond motifs is 1. The third-order valence-corrected chi connectivity index (χ3v) is 6.79. The summed E-state index contributed by atoms with van der Waals surface area (Å²) in [4.78, 5) is 11.9. The summed E-state index contributed by atoms with van der Waals surface area (Å²) in [5, 5.41) is 13.0. The first kappa shape index (κ1) is 24.4. The van der Waals surface area contributed by atoms with E-state index in [2.05, 4.69) is 29.4 Å². The van der Waals surface area contributed by atoms with E-state index in [9.17, 15) is 9.90 Å². The number of thiophene rings is 1. The summed E-state index contributed by atoms with van der Waals surface area (Å²) in [6.45, 7) is 6.39. The highest BCUT2D eigenvalue weighted by Crippen LogP contribution is 2.38. The van der Waals surface area contributed by atoms with Gasteiger partial charge in [0, 0.05) is 15.6 Å². The summed E-state index contributed by atoms with van der Waals surface area (Å²) in [7, 11) is 0. The molecule has 0 fully saturated rings. The number of phenolic OH excluding ortho intramolecular Hbond substituents is 1. The van der Waals surface area contributed by atoms with Crippen LogP contribution in [0.2, 0.25) is 0 Å². The predicted octanol–water partition coefficient (Wildman–Crippen LogP) is 7.22. The van der Waals surface area contributed by atoms with Crippen molar-refractivity contribution in [2.24, 2.45) is 0 Å². The van der Waals surface area contributed by atoms with Crippen molar-refractivity contribution in [2.75, 3.05) is 6.61 Å². The van der Waals surface area contributed by atoms with Crippen molar-refractivity contribution in [3.05, 3.63) is 82.7 Å². The molecule has 0 saturated heterocycles. The second-order valence-electron chi connectivity index (χ2n) is 8.29. The molecular weight excluding hydrogens is 456 g/mol. The van der Waals surface area contributed by atoms with Gasteiger partial charge >= 0.3 is 5.97 Å². The first-order valence-corrected chi connectivity index (χ1v) is 12.5. The van der Waals surface area contributed by atoms with E-state index in [1.165, 1.54) is 4.70 Å². The SMILES string of the molecule is CC#C[C@@H](CC(=O)OCC)c1ccc(COc2ccc3scc(-c4ccc(O)cc4C)c3c2)cc1. The summed E-state index contributed by atoms with van der Waals surface area (Å²) in [5.74, 6) is 6.68. The number of benzene rings is 3. The topological polar surface area (TPSA) is 55.8 Å². The summed E-state index contributed by atoms with van der Waals surface area (Å²) < 4.78 is 12.4. The molecule has 1 heterocycles. The van der Waals surface area contributed by atoms with Crippen molar-refractivity contribution in [1.82, 2.24) is 0 Å². The average molecular weight is 485 g/mol. The Labute approximate surface area is 210 Å². The third-order valence-electron chi connectivity index (χ3n) is 5.83. The van der Waals surface area contributed by atoms with Crippen LogP contribution in [0.1, 0.15) is 42.9 Å². The molecule has 0 radical (unpaired) electrons. The highest BCUT2D eigenvalue weighted by molar-refractivity contribution is 7.17. The van der Waals surface area contributed by atoms with Crippen LogP contribution in [0.25, 0.3) is 21.2 Å². The van der Waals surface area contributed by atoms with Gasteiger partial charge in [-0.1, -0.05) is 36.3 Å². The standard InChI is InChI=1S/C30H28O4S/c1-4-6-23(16-30(32)33-5-2)22-9-7-21(8-10-22)18-34-25-12-14-29-27(17-25)28(19-35-29)26-13-11-24(31)15-20(26)3/h7-15,17,19,23,31H,5,16,18H2,1-3H3/t23-/m0/s1. The van der Waals surface area contributed by atoms with E-state index in [4.69, 9.17) is 9.47 Å². The lowest BCUT2D eigenvalue weighted by molar-refractivity contribution is -0.143. The molecule has 4 rings (SSSR count). The number of aromatic hydroxyl groups is 1. The lowest BCUT2D eigenvalue weighted by atomic mass is 9.95. The quantitative estimate of drug-likeness (QED) is 0.212. The van der Waals surface area contributed by atoms with Crippen LogP contribution in [0, 0.1) is 18.8 Å². The molecule has 0 unspecified atom stereocenters. The lowest BCUT2D eigenvalue weighted by Crippen LogP contribution is -2.09. The summed E-state index contributed by atoms with van der Waals surface area (Å²) in [6.07, 6.45) is 0.244. The van der Waals surface area contributed by atoms with Crippen molar-refractivity contribution in [2.45, 2.75) is 39.7 Å². The smallest absolute Gasteiger partial charge is 0.307 e. The monoisotopic (exact) mass is 484 g/mol. The highest BCUT2D eigenvalue weighted by Gasteiger charge is 2.15. The molecule has 1 atom stereocenters. The normalized spacial score (nSPS) is 11.5. The minimum atomic E-state index is -0.238. The second-order valence-corrected chi connectivity index (χ2v) is 9.20. The van der Waals surface area contributed by atoms with E-state index in [1.54, 1.807) is 37.3 Å². The Bertz CT molecular complexity index is 1390. The Kier molecular flexibility index (Phi) is 7.74. The first-order valence-electron chi connectivity index (χ1n) is 11.6. The van der Waals surface area contributed by atoms with Gasteiger partial charge in [-0.15, -0.1) is 17.3 Å². The largest absolute Gasteiger partial charge is 0.508 e. The van der Waals surface area contributed by atoms with Crippen molar-refractivity contribution in [3.8, 4) is 34.5 Å². The van der Waals surface area contributed by atoms with Gasteiger partial charge in [0.15, 0.2) is 0 Å². The van der Waals surface area contributed by atoms with Gasteiger partial charge in [-0.25, -0.2) is 0 Å². The molecule has 3 aromatic carbocycles. The zero-order valence-electron chi connectivity index (χ0n) is 20.1. The number of carbonyl (C=O) groups excluding carboxylic acids is 1. The van der Waals surface area contributed by atoms with Gasteiger partial charge in [0.1, 0.15) is 18.1 Å². The van der Waals surface area contributed by atoms with Crippen molar-refractivity contribution in [3.63, 3.8) is 0 Å². The van der Waals surface area contributed by atoms with Gasteiger partial charge < -0.3 is 14.6 Å². The molecule has 4 nitrogen and oxygen atoms in total. The molecule has 4 aromatic rings. The zero-order valence-corrected chi connectivity index (χ0v) is 20.9. The molecule has 0 saturated carbocycles. The van der Waals surface area contributed by atoms with Gasteiger partial charge in [0.25, 0.3) is 0 Å². The van der Waals surface area contributed by atoms with Gasteiger partial charge in [-0.3, -0.25) is 4.79 Å². The molecule has 178 valence electrons. The summed E-state index contributed by atoms with van der Waals surface area (Å²) in [5.41, 5.74) is 5.30. The number of phenols is 1. The minimum Gasteiger partial charge on any atom is -0.508 e. The first-order chi connectivity index (χ1) is 17.0. The van der Waals surface area contributed by atoms with E-state index in [0.29, 0.717) is 13.2 Å². The Morgan fingerprint density at radius 3 is 2.57 bits per heavy atom. The van der Waals surface area contributed by atoms with E-state index in [0.717, 1.165) is 39.0 Å². The molecule has 0 aliphatic carbocycles. The predicted molar refractivity (Wildman–Crippen MR) is 142 cm³/mol. The molecule has 0 aliphatic rings. The molecule has 0 bridgehead atoms. The molecule has 35 heavy (non-hydrogen) atoms. The van der Waals surface area contributed by atoms with Gasteiger partial charge in [-0.05, 0) is 78.7 Å². The van der Waals surface area contributed by atoms with Crippen LogP contribution in [0.5, 0.6) is 11.5 Å². The number of esters is 1. The van der Waals surface area contributed by atoms with Crippen LogP contribution in [0.15, 0.2) is 66.0 Å². The summed E-state index contributed by atoms with van der Waals surface area (Å²) >= 11 is 1.70. The van der Waals surface area contributed by atoms with Crippen LogP contribution < -0.4 is 4.74 Å². The van der Waals surface area contributed by atoms with Crippen LogP contribution >= 0.6 is 11.3 Å². The van der Waals surface area contributed by atoms with Crippen LogP contribution in [-0.2, 0) is 16.1 Å². The molecule has 5 heteroatoms. The fourth-order valence-electron chi connectivity index (χ4n) is 4.08. The summed E-state index contributed by atoms with van der Waals surface area (Å²) in [6, 6.07) is 19.6. The number of hydrogen-bond donors (Lipinski definition) is 1. The van der Waals surface area contributed by atoms with Crippen LogP contribution in [0.3, 0.4) is 0 Å². The maximum atomic E-state index is 11.9. The number of rotatable bonds is 8.